The van der Waals surface area contributed by atoms with Crippen LogP contribution in [0, 0.1) is 0 Å². The van der Waals surface area contributed by atoms with Crippen LogP contribution in [0.4, 0.5) is 0 Å². The molecule has 0 bridgehead atoms. The zero-order chi connectivity index (χ0) is 14.2. The molecule has 1 saturated heterocycles. The first-order chi connectivity index (χ1) is 9.66. The van der Waals surface area contributed by atoms with Gasteiger partial charge in [-0.1, -0.05) is 37.3 Å². The second-order valence-electron chi connectivity index (χ2n) is 5.87. The highest BCUT2D eigenvalue weighted by Gasteiger charge is 2.59. The predicted molar refractivity (Wildman–Crippen MR) is 83.6 cm³/mol. The molecule has 2 unspecified atom stereocenters. The van der Waals surface area contributed by atoms with E-state index in [-0.39, 0.29) is 11.7 Å². The van der Waals surface area contributed by atoms with Crippen molar-refractivity contribution >= 4 is 17.7 Å². The Morgan fingerprint density at radius 1 is 1.40 bits per heavy atom. The van der Waals surface area contributed by atoms with E-state index in [0.717, 1.165) is 25.8 Å². The van der Waals surface area contributed by atoms with Crippen molar-refractivity contribution in [3.8, 4) is 0 Å². The minimum Gasteiger partial charge on any atom is -0.321 e. The van der Waals surface area contributed by atoms with E-state index >= 15 is 0 Å². The van der Waals surface area contributed by atoms with Gasteiger partial charge in [-0.2, -0.15) is 11.8 Å². The molecule has 2 fully saturated rings. The van der Waals surface area contributed by atoms with Crippen LogP contribution in [0.15, 0.2) is 30.3 Å². The normalized spacial score (nSPS) is 25.2. The highest BCUT2D eigenvalue weighted by atomic mass is 32.2. The Balaban J connectivity index is 1.78. The maximum absolute atomic E-state index is 12.6. The summed E-state index contributed by atoms with van der Waals surface area (Å²) in [6.07, 6.45) is 5.22. The number of nitrogens with zero attached hydrogens (tertiary/aromatic N) is 1. The number of hydrogen-bond donors (Lipinski definition) is 1. The first kappa shape index (κ1) is 14.0. The average Bonchev–Trinajstić information content (AvgIpc) is 3.21. The summed E-state index contributed by atoms with van der Waals surface area (Å²) in [6, 6.07) is 10.3. The van der Waals surface area contributed by atoms with Crippen LogP contribution in [0.5, 0.6) is 0 Å². The van der Waals surface area contributed by atoms with Crippen molar-refractivity contribution in [2.75, 3.05) is 12.8 Å². The Bertz CT molecular complexity index is 487. The molecule has 0 aromatic heterocycles. The Kier molecular flexibility index (Phi) is 3.78. The summed E-state index contributed by atoms with van der Waals surface area (Å²) in [7, 11) is 0. The molecular formula is C16H22N2OS. The fraction of sp³-hybridized carbons (Fsp3) is 0.562. The Hall–Kier alpha value is -1.00. The van der Waals surface area contributed by atoms with Crippen LogP contribution in [-0.2, 0) is 4.79 Å². The third-order valence-corrected chi connectivity index (χ3v) is 5.48. The number of benzene rings is 1. The van der Waals surface area contributed by atoms with Crippen LogP contribution < -0.4 is 5.32 Å². The van der Waals surface area contributed by atoms with Crippen molar-refractivity contribution < 1.29 is 4.79 Å². The summed E-state index contributed by atoms with van der Waals surface area (Å²) in [4.78, 5) is 14.7. The lowest BCUT2D eigenvalue weighted by atomic mass is 10.1. The smallest absolute Gasteiger partial charge is 0.244 e. The maximum Gasteiger partial charge on any atom is 0.244 e. The van der Waals surface area contributed by atoms with E-state index in [9.17, 15) is 4.79 Å². The molecule has 4 heteroatoms. The second kappa shape index (κ2) is 5.41. The summed E-state index contributed by atoms with van der Waals surface area (Å²) >= 11 is 1.86. The van der Waals surface area contributed by atoms with Gasteiger partial charge in [-0.25, -0.2) is 0 Å². The lowest BCUT2D eigenvalue weighted by Gasteiger charge is -2.25. The van der Waals surface area contributed by atoms with Crippen LogP contribution in [0.1, 0.15) is 37.9 Å². The Morgan fingerprint density at radius 2 is 2.10 bits per heavy atom. The van der Waals surface area contributed by atoms with Gasteiger partial charge >= 0.3 is 0 Å². The van der Waals surface area contributed by atoms with Crippen LogP contribution in [-0.4, -0.2) is 34.4 Å². The topological polar surface area (TPSA) is 32.3 Å². The molecule has 1 N–H and O–H groups in total. The van der Waals surface area contributed by atoms with Gasteiger partial charge in [0.05, 0.1) is 0 Å². The fourth-order valence-corrected chi connectivity index (χ4v) is 3.19. The van der Waals surface area contributed by atoms with Crippen LogP contribution in [0.25, 0.3) is 0 Å². The molecule has 1 aliphatic carbocycles. The van der Waals surface area contributed by atoms with Gasteiger partial charge in [-0.15, -0.1) is 0 Å². The van der Waals surface area contributed by atoms with Gasteiger partial charge in [0.1, 0.15) is 11.7 Å². The molecule has 1 spiro atoms. The summed E-state index contributed by atoms with van der Waals surface area (Å²) in [5, 5.41) is 4.16. The Morgan fingerprint density at radius 3 is 2.70 bits per heavy atom. The van der Waals surface area contributed by atoms with Gasteiger partial charge in [0, 0.05) is 11.8 Å². The van der Waals surface area contributed by atoms with Crippen molar-refractivity contribution in [2.24, 2.45) is 0 Å². The van der Waals surface area contributed by atoms with Gasteiger partial charge in [0.2, 0.25) is 5.91 Å². The van der Waals surface area contributed by atoms with E-state index in [1.807, 2.05) is 30.0 Å². The summed E-state index contributed by atoms with van der Waals surface area (Å²) in [6.45, 7) is 3.07. The van der Waals surface area contributed by atoms with Crippen molar-refractivity contribution in [1.29, 1.82) is 0 Å². The average molecular weight is 290 g/mol. The molecule has 2 atom stereocenters. The van der Waals surface area contributed by atoms with E-state index in [2.05, 4.69) is 35.5 Å². The standard InChI is InChI=1S/C16H22N2OS/c1-12(20-2)8-11-18-14(13-6-4-3-5-7-13)17-16(9-10-16)15(18)19/h3-7,12,14,17H,8-11H2,1-2H3. The third-order valence-electron chi connectivity index (χ3n) is 4.44. The first-order valence-corrected chi connectivity index (χ1v) is 8.61. The molecule has 3 rings (SSSR count). The molecule has 108 valence electrons. The van der Waals surface area contributed by atoms with E-state index in [0.29, 0.717) is 11.2 Å². The molecule has 20 heavy (non-hydrogen) atoms. The highest BCUT2D eigenvalue weighted by molar-refractivity contribution is 7.99. The van der Waals surface area contributed by atoms with E-state index in [1.165, 1.54) is 5.56 Å². The van der Waals surface area contributed by atoms with Gasteiger partial charge in [0.15, 0.2) is 0 Å². The van der Waals surface area contributed by atoms with Crippen molar-refractivity contribution in [3.63, 3.8) is 0 Å². The number of amides is 1. The molecule has 1 saturated carbocycles. The second-order valence-corrected chi connectivity index (χ2v) is 7.15. The number of thioether (sulfide) groups is 1. The minimum atomic E-state index is -0.233. The highest BCUT2D eigenvalue weighted by Crippen LogP contribution is 2.46. The summed E-state index contributed by atoms with van der Waals surface area (Å²) in [5.74, 6) is 0.305. The zero-order valence-corrected chi connectivity index (χ0v) is 13.0. The number of rotatable bonds is 5. The van der Waals surface area contributed by atoms with Gasteiger partial charge < -0.3 is 4.90 Å². The van der Waals surface area contributed by atoms with Gasteiger partial charge in [0.25, 0.3) is 0 Å². The minimum absolute atomic E-state index is 0.0558. The van der Waals surface area contributed by atoms with Crippen molar-refractivity contribution in [2.45, 2.75) is 43.1 Å². The van der Waals surface area contributed by atoms with Crippen molar-refractivity contribution in [3.05, 3.63) is 35.9 Å². The van der Waals surface area contributed by atoms with E-state index in [1.54, 1.807) is 0 Å². The largest absolute Gasteiger partial charge is 0.321 e. The summed E-state index contributed by atoms with van der Waals surface area (Å²) in [5.41, 5.74) is 0.963. The molecule has 1 aromatic carbocycles. The first-order valence-electron chi connectivity index (χ1n) is 7.33. The van der Waals surface area contributed by atoms with E-state index in [4.69, 9.17) is 0 Å². The molecule has 1 amide bonds. The quantitative estimate of drug-likeness (QED) is 0.905. The lowest BCUT2D eigenvalue weighted by Crippen LogP contribution is -2.33. The number of carbonyl (C=O) groups is 1. The van der Waals surface area contributed by atoms with Crippen LogP contribution in [0.2, 0.25) is 0 Å². The number of nitrogens with one attached hydrogen (secondary N) is 1. The molecule has 0 radical (unpaired) electrons. The summed E-state index contributed by atoms with van der Waals surface area (Å²) < 4.78 is 0. The van der Waals surface area contributed by atoms with Crippen LogP contribution >= 0.6 is 11.8 Å². The predicted octanol–water partition coefficient (Wildman–Crippen LogP) is 2.79. The monoisotopic (exact) mass is 290 g/mol. The third kappa shape index (κ3) is 2.47. The number of carbonyl (C=O) groups excluding carboxylic acids is 1. The van der Waals surface area contributed by atoms with Crippen LogP contribution in [0.3, 0.4) is 0 Å². The zero-order valence-electron chi connectivity index (χ0n) is 12.1. The fourth-order valence-electron chi connectivity index (χ4n) is 2.84. The molecule has 1 aliphatic heterocycles. The molecule has 2 aliphatic rings. The molecule has 1 aromatic rings. The maximum atomic E-state index is 12.6. The van der Waals surface area contributed by atoms with Gasteiger partial charge in [-0.05, 0) is 31.1 Å². The van der Waals surface area contributed by atoms with Crippen molar-refractivity contribution in [1.82, 2.24) is 10.2 Å². The van der Waals surface area contributed by atoms with Gasteiger partial charge in [-0.3, -0.25) is 10.1 Å². The molecule has 3 nitrogen and oxygen atoms in total. The molecule has 1 heterocycles. The number of hydrogen-bond acceptors (Lipinski definition) is 3. The van der Waals surface area contributed by atoms with E-state index < -0.39 is 0 Å². The lowest BCUT2D eigenvalue weighted by molar-refractivity contribution is -0.130. The molecular weight excluding hydrogens is 268 g/mol. The SMILES string of the molecule is CSC(C)CCN1C(=O)C2(CC2)NC1c1ccccc1. The Labute approximate surface area is 125 Å².